The molecule has 22 heavy (non-hydrogen) atoms. The van der Waals surface area contributed by atoms with Crippen LogP contribution in [0, 0.1) is 0 Å². The van der Waals surface area contributed by atoms with E-state index in [1.807, 2.05) is 0 Å². The van der Waals surface area contributed by atoms with Crippen molar-refractivity contribution in [1.82, 2.24) is 9.78 Å². The van der Waals surface area contributed by atoms with Gasteiger partial charge in [0.05, 0.1) is 5.56 Å². The van der Waals surface area contributed by atoms with Gasteiger partial charge in [-0.1, -0.05) is 35.9 Å². The number of hydrogen-bond acceptors (Lipinski definition) is 4. The van der Waals surface area contributed by atoms with Crippen molar-refractivity contribution in [2.24, 2.45) is 0 Å². The lowest BCUT2D eigenvalue weighted by Crippen LogP contribution is -2.12. The van der Waals surface area contributed by atoms with Crippen LogP contribution in [0.1, 0.15) is 10.4 Å². The Morgan fingerprint density at radius 1 is 1.14 bits per heavy atom. The third kappa shape index (κ3) is 2.54. The smallest absolute Gasteiger partial charge is 0.281 e. The normalized spacial score (nSPS) is 10.6. The summed E-state index contributed by atoms with van der Waals surface area (Å²) in [6.07, 6.45) is 1.54. The second kappa shape index (κ2) is 5.54. The summed E-state index contributed by atoms with van der Waals surface area (Å²) in [7, 11) is 0. The molecule has 0 saturated heterocycles. The molecule has 0 aliphatic heterocycles. The summed E-state index contributed by atoms with van der Waals surface area (Å²) in [5.41, 5.74) is 7.47. The summed E-state index contributed by atoms with van der Waals surface area (Å²) in [6.45, 7) is 0. The van der Waals surface area contributed by atoms with Crippen LogP contribution in [0.15, 0.2) is 54.7 Å². The van der Waals surface area contributed by atoms with Crippen LogP contribution < -0.4 is 5.73 Å². The number of carbonyl (C=O) groups is 1. The number of anilines is 1. The van der Waals surface area contributed by atoms with Crippen LogP contribution in [-0.4, -0.2) is 20.8 Å². The lowest BCUT2D eigenvalue weighted by atomic mass is 10.1. The molecule has 0 saturated carbocycles. The van der Waals surface area contributed by atoms with E-state index >= 15 is 0 Å². The second-order valence-corrected chi connectivity index (χ2v) is 5.14. The fraction of sp³-hybridized carbons (Fsp3) is 0. The summed E-state index contributed by atoms with van der Waals surface area (Å²) in [6, 6.07) is 13.3. The maximum atomic E-state index is 12.4. The van der Waals surface area contributed by atoms with Crippen molar-refractivity contribution >= 4 is 23.3 Å². The number of phenols is 1. The molecule has 0 radical (unpaired) electrons. The highest BCUT2D eigenvalue weighted by atomic mass is 35.5. The topological polar surface area (TPSA) is 81.1 Å². The van der Waals surface area contributed by atoms with Crippen molar-refractivity contribution < 1.29 is 9.90 Å². The molecule has 0 fully saturated rings. The molecule has 3 aromatic rings. The van der Waals surface area contributed by atoms with E-state index in [-0.39, 0.29) is 17.1 Å². The van der Waals surface area contributed by atoms with Crippen molar-refractivity contribution in [3.8, 4) is 16.9 Å². The molecule has 3 N–H and O–H groups in total. The molecule has 2 aromatic carbocycles. The predicted octanol–water partition coefficient (Wildman–Crippen LogP) is 3.18. The highest BCUT2D eigenvalue weighted by molar-refractivity contribution is 6.30. The fourth-order valence-electron chi connectivity index (χ4n) is 2.12. The molecule has 0 atom stereocenters. The maximum absolute atomic E-state index is 12.4. The maximum Gasteiger partial charge on any atom is 0.281 e. The molecular formula is C16H12ClN3O2. The zero-order valence-electron chi connectivity index (χ0n) is 11.4. The zero-order chi connectivity index (χ0) is 15.7. The Morgan fingerprint density at radius 2 is 1.82 bits per heavy atom. The molecule has 3 rings (SSSR count). The van der Waals surface area contributed by atoms with Gasteiger partial charge in [-0.3, -0.25) is 4.79 Å². The number of para-hydroxylation sites is 1. The van der Waals surface area contributed by atoms with Gasteiger partial charge in [-0.15, -0.1) is 5.10 Å². The third-order valence-electron chi connectivity index (χ3n) is 3.24. The van der Waals surface area contributed by atoms with Crippen LogP contribution in [0.3, 0.4) is 0 Å². The first-order chi connectivity index (χ1) is 10.6. The first-order valence-electron chi connectivity index (χ1n) is 6.50. The van der Waals surface area contributed by atoms with Crippen molar-refractivity contribution in [3.63, 3.8) is 0 Å². The average Bonchev–Trinajstić information content (AvgIpc) is 2.90. The van der Waals surface area contributed by atoms with Crippen molar-refractivity contribution in [1.29, 1.82) is 0 Å². The molecule has 1 heterocycles. The van der Waals surface area contributed by atoms with E-state index in [1.54, 1.807) is 36.4 Å². The van der Waals surface area contributed by atoms with Crippen molar-refractivity contribution in [3.05, 3.63) is 65.3 Å². The van der Waals surface area contributed by atoms with E-state index in [9.17, 15) is 9.90 Å². The number of aromatic nitrogens is 2. The number of nitrogens with two attached hydrogens (primary N) is 1. The SMILES string of the molecule is Nc1nn(C(=O)c2ccccc2O)cc1-c1ccc(Cl)cc1. The van der Waals surface area contributed by atoms with Gasteiger partial charge in [0.25, 0.3) is 5.91 Å². The van der Waals surface area contributed by atoms with Gasteiger partial charge in [-0.2, -0.15) is 0 Å². The van der Waals surface area contributed by atoms with Crippen molar-refractivity contribution in [2.45, 2.75) is 0 Å². The molecule has 0 aliphatic rings. The Bertz CT molecular complexity index is 841. The molecule has 5 nitrogen and oxygen atoms in total. The second-order valence-electron chi connectivity index (χ2n) is 4.70. The summed E-state index contributed by atoms with van der Waals surface area (Å²) >= 11 is 5.86. The Labute approximate surface area is 131 Å². The monoisotopic (exact) mass is 313 g/mol. The van der Waals surface area contributed by atoms with Gasteiger partial charge in [-0.25, -0.2) is 4.68 Å². The largest absolute Gasteiger partial charge is 0.507 e. The number of carbonyl (C=O) groups excluding carboxylic acids is 1. The number of rotatable bonds is 2. The van der Waals surface area contributed by atoms with Gasteiger partial charge in [0.2, 0.25) is 0 Å². The lowest BCUT2D eigenvalue weighted by Gasteiger charge is -2.02. The number of phenolic OH excluding ortho intramolecular Hbond substituents is 1. The molecule has 0 amide bonds. The van der Waals surface area contributed by atoms with Crippen molar-refractivity contribution in [2.75, 3.05) is 5.73 Å². The Balaban J connectivity index is 2.01. The third-order valence-corrected chi connectivity index (χ3v) is 3.49. The van der Waals surface area contributed by atoms with Crippen LogP contribution >= 0.6 is 11.6 Å². The molecule has 110 valence electrons. The Morgan fingerprint density at radius 3 is 2.50 bits per heavy atom. The van der Waals surface area contributed by atoms with Gasteiger partial charge < -0.3 is 10.8 Å². The lowest BCUT2D eigenvalue weighted by molar-refractivity contribution is 0.0943. The molecule has 6 heteroatoms. The fourth-order valence-corrected chi connectivity index (χ4v) is 2.25. The average molecular weight is 314 g/mol. The molecule has 0 aliphatic carbocycles. The molecular weight excluding hydrogens is 302 g/mol. The number of halogens is 1. The standard InChI is InChI=1S/C16H12ClN3O2/c17-11-7-5-10(6-8-11)13-9-20(19-15(13)18)16(22)12-3-1-2-4-14(12)21/h1-9,21H,(H2,18,19). The molecule has 0 spiro atoms. The predicted molar refractivity (Wildman–Crippen MR) is 84.9 cm³/mol. The van der Waals surface area contributed by atoms with Crippen LogP contribution in [0.5, 0.6) is 5.75 Å². The van der Waals surface area contributed by atoms with E-state index in [0.29, 0.717) is 10.6 Å². The van der Waals surface area contributed by atoms with Crippen LogP contribution in [0.2, 0.25) is 5.02 Å². The minimum Gasteiger partial charge on any atom is -0.507 e. The Hall–Kier alpha value is -2.79. The number of nitrogen functional groups attached to an aromatic ring is 1. The van der Waals surface area contributed by atoms with E-state index in [4.69, 9.17) is 17.3 Å². The summed E-state index contributed by atoms with van der Waals surface area (Å²) in [5, 5.41) is 14.4. The highest BCUT2D eigenvalue weighted by Crippen LogP contribution is 2.27. The van der Waals surface area contributed by atoms with Crippen LogP contribution in [0.25, 0.3) is 11.1 Å². The molecule has 1 aromatic heterocycles. The quantitative estimate of drug-likeness (QED) is 0.761. The van der Waals surface area contributed by atoms with Gasteiger partial charge in [0, 0.05) is 16.8 Å². The van der Waals surface area contributed by atoms with E-state index in [1.165, 1.54) is 18.3 Å². The van der Waals surface area contributed by atoms with E-state index in [0.717, 1.165) is 10.2 Å². The summed E-state index contributed by atoms with van der Waals surface area (Å²) < 4.78 is 1.12. The summed E-state index contributed by atoms with van der Waals surface area (Å²) in [4.78, 5) is 12.4. The Kier molecular flexibility index (Phi) is 3.56. The van der Waals surface area contributed by atoms with Gasteiger partial charge in [0.15, 0.2) is 5.82 Å². The number of nitrogens with zero attached hydrogens (tertiary/aromatic N) is 2. The van der Waals surface area contributed by atoms with Crippen LogP contribution in [-0.2, 0) is 0 Å². The minimum atomic E-state index is -0.454. The number of benzene rings is 2. The number of hydrogen-bond donors (Lipinski definition) is 2. The van der Waals surface area contributed by atoms with Gasteiger partial charge >= 0.3 is 0 Å². The highest BCUT2D eigenvalue weighted by Gasteiger charge is 2.17. The first kappa shape index (κ1) is 14.2. The number of aromatic hydroxyl groups is 1. The van der Waals surface area contributed by atoms with Gasteiger partial charge in [0.1, 0.15) is 5.75 Å². The van der Waals surface area contributed by atoms with E-state index < -0.39 is 5.91 Å². The zero-order valence-corrected chi connectivity index (χ0v) is 12.2. The minimum absolute atomic E-state index is 0.102. The van der Waals surface area contributed by atoms with Crippen LogP contribution in [0.4, 0.5) is 5.82 Å². The van der Waals surface area contributed by atoms with E-state index in [2.05, 4.69) is 5.10 Å². The molecule has 0 bridgehead atoms. The van der Waals surface area contributed by atoms with Gasteiger partial charge in [-0.05, 0) is 29.8 Å². The first-order valence-corrected chi connectivity index (χ1v) is 6.88. The molecule has 0 unspecified atom stereocenters. The summed E-state index contributed by atoms with van der Waals surface area (Å²) in [5.74, 6) is -0.328.